The van der Waals surface area contributed by atoms with Gasteiger partial charge in [0.05, 0.1) is 17.7 Å². The Labute approximate surface area is 181 Å². The maximum Gasteiger partial charge on any atom is 0.295 e. The minimum Gasteiger partial charge on any atom is -0.507 e. The van der Waals surface area contributed by atoms with Gasteiger partial charge in [-0.25, -0.2) is 0 Å². The highest BCUT2D eigenvalue weighted by molar-refractivity contribution is 6.46. The zero-order valence-corrected chi connectivity index (χ0v) is 17.4. The number of benzene rings is 2. The fraction of sp³-hybridized carbons (Fsp3) is 0.360. The van der Waals surface area contributed by atoms with E-state index in [2.05, 4.69) is 0 Å². The van der Waals surface area contributed by atoms with Crippen molar-refractivity contribution in [1.82, 2.24) is 4.90 Å². The second-order valence-corrected chi connectivity index (χ2v) is 8.45. The Balaban J connectivity index is 1.59. The van der Waals surface area contributed by atoms with Crippen molar-refractivity contribution >= 4 is 17.4 Å². The maximum absolute atomic E-state index is 13.1. The quantitative estimate of drug-likeness (QED) is 0.466. The van der Waals surface area contributed by atoms with Gasteiger partial charge in [-0.3, -0.25) is 9.59 Å². The number of aliphatic hydroxyl groups is 1. The Morgan fingerprint density at radius 2 is 1.97 bits per heavy atom. The third-order valence-electron chi connectivity index (χ3n) is 6.25. The summed E-state index contributed by atoms with van der Waals surface area (Å²) in [4.78, 5) is 27.7. The van der Waals surface area contributed by atoms with Crippen molar-refractivity contribution in [3.63, 3.8) is 0 Å². The molecule has 3 aliphatic rings. The first-order chi connectivity index (χ1) is 15.0. The predicted octanol–water partition coefficient (Wildman–Crippen LogP) is 3.61. The van der Waals surface area contributed by atoms with Crippen LogP contribution < -0.4 is 4.74 Å². The molecule has 160 valence electrons. The number of amides is 1. The van der Waals surface area contributed by atoms with E-state index < -0.39 is 17.7 Å². The van der Waals surface area contributed by atoms with Crippen LogP contribution >= 0.6 is 0 Å². The topological polar surface area (TPSA) is 76.1 Å². The molecule has 5 rings (SSSR count). The molecule has 3 unspecified atom stereocenters. The van der Waals surface area contributed by atoms with Gasteiger partial charge in [-0.1, -0.05) is 30.3 Å². The monoisotopic (exact) mass is 419 g/mol. The molecule has 6 nitrogen and oxygen atoms in total. The highest BCUT2D eigenvalue weighted by atomic mass is 16.5. The number of rotatable bonds is 4. The number of hydrogen-bond donors (Lipinski definition) is 1. The molecule has 3 aliphatic heterocycles. The molecule has 31 heavy (non-hydrogen) atoms. The van der Waals surface area contributed by atoms with Gasteiger partial charge >= 0.3 is 0 Å². The van der Waals surface area contributed by atoms with Crippen LogP contribution in [0.4, 0.5) is 0 Å². The Kier molecular flexibility index (Phi) is 5.02. The second-order valence-electron chi connectivity index (χ2n) is 8.45. The van der Waals surface area contributed by atoms with Crippen molar-refractivity contribution in [2.24, 2.45) is 0 Å². The van der Waals surface area contributed by atoms with Crippen LogP contribution in [0.15, 0.2) is 54.1 Å². The summed E-state index contributed by atoms with van der Waals surface area (Å²) in [6.45, 7) is 2.99. The van der Waals surface area contributed by atoms with Crippen LogP contribution in [0.1, 0.15) is 42.5 Å². The standard InChI is InChI=1S/C25H25NO5/c1-15-12-18-13-17(9-10-20(18)31-15)23(27)21-22(16-6-3-2-4-7-16)26(25(29)24(21)28)14-19-8-5-11-30-19/h2-4,6-7,9-10,13,15,19,22,27H,5,8,11-12,14H2,1H3/b23-21+. The molecule has 0 aliphatic carbocycles. The summed E-state index contributed by atoms with van der Waals surface area (Å²) in [6, 6.07) is 14.1. The number of likely N-dealkylation sites (tertiary alicyclic amines) is 1. The van der Waals surface area contributed by atoms with E-state index in [1.807, 2.05) is 49.4 Å². The zero-order valence-electron chi connectivity index (χ0n) is 17.4. The molecule has 0 bridgehead atoms. The average molecular weight is 419 g/mol. The minimum absolute atomic E-state index is 0.0775. The lowest BCUT2D eigenvalue weighted by molar-refractivity contribution is -0.140. The molecule has 2 saturated heterocycles. The summed E-state index contributed by atoms with van der Waals surface area (Å²) in [5, 5.41) is 11.2. The zero-order chi connectivity index (χ0) is 21.5. The van der Waals surface area contributed by atoms with Crippen LogP contribution in [-0.4, -0.2) is 47.1 Å². The van der Waals surface area contributed by atoms with Gasteiger partial charge in [-0.15, -0.1) is 0 Å². The highest BCUT2D eigenvalue weighted by Crippen LogP contribution is 2.41. The number of carbonyl (C=O) groups is 2. The third-order valence-corrected chi connectivity index (χ3v) is 6.25. The molecule has 2 fully saturated rings. The smallest absolute Gasteiger partial charge is 0.295 e. The van der Waals surface area contributed by atoms with Crippen molar-refractivity contribution in [2.75, 3.05) is 13.2 Å². The summed E-state index contributed by atoms with van der Waals surface area (Å²) >= 11 is 0. The van der Waals surface area contributed by atoms with E-state index in [1.54, 1.807) is 11.0 Å². The average Bonchev–Trinajstić information content (AvgIpc) is 3.48. The summed E-state index contributed by atoms with van der Waals surface area (Å²) in [6.07, 6.45) is 2.52. The number of hydrogen-bond acceptors (Lipinski definition) is 5. The number of carbonyl (C=O) groups excluding carboxylic acids is 2. The fourth-order valence-electron chi connectivity index (χ4n) is 4.78. The van der Waals surface area contributed by atoms with E-state index in [0.29, 0.717) is 18.7 Å². The lowest BCUT2D eigenvalue weighted by atomic mass is 9.94. The van der Waals surface area contributed by atoms with Crippen LogP contribution in [0, 0.1) is 0 Å². The minimum atomic E-state index is -0.658. The molecule has 0 radical (unpaired) electrons. The largest absolute Gasteiger partial charge is 0.507 e. The van der Waals surface area contributed by atoms with E-state index in [4.69, 9.17) is 9.47 Å². The van der Waals surface area contributed by atoms with Gasteiger partial charge in [0.2, 0.25) is 0 Å². The molecular formula is C25H25NO5. The van der Waals surface area contributed by atoms with Gasteiger partial charge in [0.15, 0.2) is 0 Å². The number of ether oxygens (including phenoxy) is 2. The molecule has 0 aromatic heterocycles. The van der Waals surface area contributed by atoms with Gasteiger partial charge in [-0.2, -0.15) is 0 Å². The molecule has 1 N–H and O–H groups in total. The van der Waals surface area contributed by atoms with Gasteiger partial charge in [0, 0.05) is 25.1 Å². The lowest BCUT2D eigenvalue weighted by Crippen LogP contribution is -2.36. The van der Waals surface area contributed by atoms with Gasteiger partial charge in [-0.05, 0) is 49.1 Å². The fourth-order valence-corrected chi connectivity index (χ4v) is 4.78. The van der Waals surface area contributed by atoms with Crippen LogP contribution in [-0.2, 0) is 20.7 Å². The molecule has 2 aromatic rings. The number of Topliss-reactive ketones (excluding diaryl/α,β-unsaturated/α-hetero) is 1. The third kappa shape index (κ3) is 3.51. The predicted molar refractivity (Wildman–Crippen MR) is 115 cm³/mol. The highest BCUT2D eigenvalue weighted by Gasteiger charge is 2.47. The Hall–Kier alpha value is -3.12. The summed E-state index contributed by atoms with van der Waals surface area (Å²) in [5.74, 6) is -0.606. The number of fused-ring (bicyclic) bond motifs is 1. The van der Waals surface area contributed by atoms with E-state index in [-0.39, 0.29) is 23.5 Å². The van der Waals surface area contributed by atoms with Crippen molar-refractivity contribution < 1.29 is 24.2 Å². The number of ketones is 1. The SMILES string of the molecule is CC1Cc2cc(/C(O)=C3\C(=O)C(=O)N(CC4CCCO4)C3c3ccccc3)ccc2O1. The van der Waals surface area contributed by atoms with E-state index in [9.17, 15) is 14.7 Å². The second kappa shape index (κ2) is 7.85. The number of nitrogens with zero attached hydrogens (tertiary/aromatic N) is 1. The van der Waals surface area contributed by atoms with Gasteiger partial charge < -0.3 is 19.5 Å². The molecule has 2 aromatic carbocycles. The molecule has 1 amide bonds. The summed E-state index contributed by atoms with van der Waals surface area (Å²) in [5.41, 5.74) is 2.43. The molecule has 0 saturated carbocycles. The maximum atomic E-state index is 13.1. The Morgan fingerprint density at radius 1 is 1.16 bits per heavy atom. The van der Waals surface area contributed by atoms with Crippen LogP contribution in [0.3, 0.4) is 0 Å². The van der Waals surface area contributed by atoms with E-state index in [1.165, 1.54) is 0 Å². The van der Waals surface area contributed by atoms with Crippen LogP contribution in [0.25, 0.3) is 5.76 Å². The van der Waals surface area contributed by atoms with Crippen molar-refractivity contribution in [3.05, 3.63) is 70.8 Å². The molecule has 3 heterocycles. The summed E-state index contributed by atoms with van der Waals surface area (Å²) in [7, 11) is 0. The van der Waals surface area contributed by atoms with E-state index in [0.717, 1.165) is 36.1 Å². The molecule has 6 heteroatoms. The first-order valence-corrected chi connectivity index (χ1v) is 10.8. The van der Waals surface area contributed by atoms with Crippen molar-refractivity contribution in [1.29, 1.82) is 0 Å². The van der Waals surface area contributed by atoms with Gasteiger partial charge in [0.25, 0.3) is 11.7 Å². The van der Waals surface area contributed by atoms with Crippen molar-refractivity contribution in [2.45, 2.75) is 44.4 Å². The molecule has 0 spiro atoms. The van der Waals surface area contributed by atoms with Crippen LogP contribution in [0.2, 0.25) is 0 Å². The molecule has 3 atom stereocenters. The lowest BCUT2D eigenvalue weighted by Gasteiger charge is -2.27. The first kappa shape index (κ1) is 19.8. The Bertz CT molecular complexity index is 1050. The van der Waals surface area contributed by atoms with E-state index >= 15 is 0 Å². The van der Waals surface area contributed by atoms with Crippen molar-refractivity contribution in [3.8, 4) is 5.75 Å². The Morgan fingerprint density at radius 3 is 2.71 bits per heavy atom. The normalized spacial score (nSPS) is 26.9. The summed E-state index contributed by atoms with van der Waals surface area (Å²) < 4.78 is 11.5. The first-order valence-electron chi connectivity index (χ1n) is 10.8. The number of aliphatic hydroxyl groups excluding tert-OH is 1. The van der Waals surface area contributed by atoms with Crippen LogP contribution in [0.5, 0.6) is 5.75 Å². The van der Waals surface area contributed by atoms with Gasteiger partial charge in [0.1, 0.15) is 17.6 Å². The molecular weight excluding hydrogens is 394 g/mol.